The minimum atomic E-state index is -0.260. The van der Waals surface area contributed by atoms with Crippen LogP contribution in [0.3, 0.4) is 0 Å². The van der Waals surface area contributed by atoms with Crippen molar-refractivity contribution in [3.05, 3.63) is 29.8 Å². The molecule has 1 aliphatic heterocycles. The summed E-state index contributed by atoms with van der Waals surface area (Å²) in [6, 6.07) is 8.16. The molecule has 1 atom stereocenters. The summed E-state index contributed by atoms with van der Waals surface area (Å²) in [4.78, 5) is 11.9. The zero-order valence-corrected chi connectivity index (χ0v) is 11.7. The highest BCUT2D eigenvalue weighted by Gasteiger charge is 2.23. The highest BCUT2D eigenvalue weighted by atomic mass is 16.5. The van der Waals surface area contributed by atoms with Crippen molar-refractivity contribution in [2.75, 3.05) is 11.9 Å². The van der Waals surface area contributed by atoms with Crippen LogP contribution in [0, 0.1) is 0 Å². The molecule has 1 aromatic carbocycles. The second-order valence-corrected chi connectivity index (χ2v) is 5.14. The Bertz CT molecular complexity index is 394. The molecule has 3 heteroatoms. The summed E-state index contributed by atoms with van der Waals surface area (Å²) in [6.45, 7) is 2.91. The normalized spacial score (nSPS) is 18.5. The quantitative estimate of drug-likeness (QED) is 0.795. The lowest BCUT2D eigenvalue weighted by Gasteiger charge is -2.10. The van der Waals surface area contributed by atoms with Crippen molar-refractivity contribution in [2.45, 2.75) is 51.6 Å². The first-order valence-corrected chi connectivity index (χ1v) is 7.31. The standard InChI is InChI=1S/C16H23NO2/c1-2-3-4-6-13-8-10-14(11-9-13)17-16(18)15-7-5-12-19-15/h8-11,15H,2-7,12H2,1H3,(H,17,18). The average Bonchev–Trinajstić information content (AvgIpc) is 2.95. The van der Waals surface area contributed by atoms with Gasteiger partial charge in [-0.15, -0.1) is 0 Å². The minimum absolute atomic E-state index is 0.0174. The Morgan fingerprint density at radius 1 is 1.32 bits per heavy atom. The highest BCUT2D eigenvalue weighted by molar-refractivity contribution is 5.94. The molecule has 1 amide bonds. The van der Waals surface area contributed by atoms with Crippen molar-refractivity contribution < 1.29 is 9.53 Å². The highest BCUT2D eigenvalue weighted by Crippen LogP contribution is 2.16. The number of carbonyl (C=O) groups is 1. The molecule has 1 saturated heterocycles. The summed E-state index contributed by atoms with van der Waals surface area (Å²) >= 11 is 0. The third-order valence-corrected chi connectivity index (χ3v) is 3.51. The molecule has 1 N–H and O–H groups in total. The van der Waals surface area contributed by atoms with Crippen molar-refractivity contribution >= 4 is 11.6 Å². The van der Waals surface area contributed by atoms with E-state index >= 15 is 0 Å². The van der Waals surface area contributed by atoms with Crippen LogP contribution in [0.1, 0.15) is 44.6 Å². The second kappa shape index (κ2) is 7.29. The molecule has 2 rings (SSSR count). The lowest BCUT2D eigenvalue weighted by molar-refractivity contribution is -0.124. The Labute approximate surface area is 115 Å². The van der Waals surface area contributed by atoms with Gasteiger partial charge in [0.05, 0.1) is 0 Å². The fourth-order valence-electron chi connectivity index (χ4n) is 2.34. The predicted octanol–water partition coefficient (Wildman–Crippen LogP) is 3.54. The molecule has 104 valence electrons. The number of hydrogen-bond donors (Lipinski definition) is 1. The van der Waals surface area contributed by atoms with E-state index < -0.39 is 0 Å². The molecule has 3 nitrogen and oxygen atoms in total. The largest absolute Gasteiger partial charge is 0.368 e. The molecule has 1 aliphatic rings. The zero-order chi connectivity index (χ0) is 13.5. The van der Waals surface area contributed by atoms with Crippen molar-refractivity contribution in [3.8, 4) is 0 Å². The van der Waals surface area contributed by atoms with E-state index in [-0.39, 0.29) is 12.0 Å². The van der Waals surface area contributed by atoms with Gasteiger partial charge in [0.2, 0.25) is 0 Å². The maximum atomic E-state index is 11.9. The summed E-state index contributed by atoms with van der Waals surface area (Å²) in [5.74, 6) is -0.0174. The van der Waals surface area contributed by atoms with E-state index in [0.29, 0.717) is 6.61 Å². The number of aryl methyl sites for hydroxylation is 1. The molecule has 0 bridgehead atoms. The van der Waals surface area contributed by atoms with E-state index in [0.717, 1.165) is 24.9 Å². The number of anilines is 1. The van der Waals surface area contributed by atoms with E-state index in [1.165, 1.54) is 24.8 Å². The molecule has 1 heterocycles. The molecule has 0 radical (unpaired) electrons. The first-order chi connectivity index (χ1) is 9.29. The number of ether oxygens (including phenoxy) is 1. The minimum Gasteiger partial charge on any atom is -0.368 e. The van der Waals surface area contributed by atoms with Gasteiger partial charge in [0.1, 0.15) is 6.10 Å². The third-order valence-electron chi connectivity index (χ3n) is 3.51. The summed E-state index contributed by atoms with van der Waals surface area (Å²) in [5, 5.41) is 2.91. The monoisotopic (exact) mass is 261 g/mol. The van der Waals surface area contributed by atoms with E-state index in [9.17, 15) is 4.79 Å². The molecule has 0 spiro atoms. The van der Waals surface area contributed by atoms with Crippen LogP contribution in [0.15, 0.2) is 24.3 Å². The van der Waals surface area contributed by atoms with Gasteiger partial charge in [0, 0.05) is 12.3 Å². The number of rotatable bonds is 6. The summed E-state index contributed by atoms with van der Waals surface area (Å²) in [7, 11) is 0. The molecule has 0 saturated carbocycles. The second-order valence-electron chi connectivity index (χ2n) is 5.14. The maximum absolute atomic E-state index is 11.9. The lowest BCUT2D eigenvalue weighted by atomic mass is 10.1. The van der Waals surface area contributed by atoms with Crippen molar-refractivity contribution in [1.29, 1.82) is 0 Å². The number of carbonyl (C=O) groups excluding carboxylic acids is 1. The van der Waals surface area contributed by atoms with E-state index in [2.05, 4.69) is 24.4 Å². The van der Waals surface area contributed by atoms with Crippen LogP contribution in [0.25, 0.3) is 0 Å². The Morgan fingerprint density at radius 2 is 2.11 bits per heavy atom. The Kier molecular flexibility index (Phi) is 5.40. The van der Waals surface area contributed by atoms with Crippen molar-refractivity contribution in [3.63, 3.8) is 0 Å². The van der Waals surface area contributed by atoms with Crippen molar-refractivity contribution in [2.24, 2.45) is 0 Å². The first kappa shape index (κ1) is 14.1. The summed E-state index contributed by atoms with van der Waals surface area (Å²) < 4.78 is 5.36. The van der Waals surface area contributed by atoms with Gasteiger partial charge in [-0.25, -0.2) is 0 Å². The zero-order valence-electron chi connectivity index (χ0n) is 11.7. The van der Waals surface area contributed by atoms with Crippen LogP contribution in [0.5, 0.6) is 0 Å². The van der Waals surface area contributed by atoms with E-state index in [1.807, 2.05) is 12.1 Å². The molecule has 1 fully saturated rings. The smallest absolute Gasteiger partial charge is 0.253 e. The molecule has 0 aromatic heterocycles. The molecular weight excluding hydrogens is 238 g/mol. The number of benzene rings is 1. The Morgan fingerprint density at radius 3 is 2.74 bits per heavy atom. The third kappa shape index (κ3) is 4.35. The molecule has 0 aliphatic carbocycles. The number of amides is 1. The Balaban J connectivity index is 1.82. The van der Waals surface area contributed by atoms with E-state index in [1.54, 1.807) is 0 Å². The molecule has 1 unspecified atom stereocenters. The fourth-order valence-corrected chi connectivity index (χ4v) is 2.34. The van der Waals surface area contributed by atoms with Crippen LogP contribution in [-0.2, 0) is 16.0 Å². The Hall–Kier alpha value is -1.35. The van der Waals surface area contributed by atoms with Gasteiger partial charge < -0.3 is 10.1 Å². The summed E-state index contributed by atoms with van der Waals surface area (Å²) in [6.07, 6.45) is 6.43. The van der Waals surface area contributed by atoms with Crippen LogP contribution in [0.4, 0.5) is 5.69 Å². The van der Waals surface area contributed by atoms with Crippen LogP contribution in [-0.4, -0.2) is 18.6 Å². The lowest BCUT2D eigenvalue weighted by Crippen LogP contribution is -2.26. The number of unbranched alkanes of at least 4 members (excludes halogenated alkanes) is 2. The first-order valence-electron chi connectivity index (χ1n) is 7.31. The molecular formula is C16H23NO2. The van der Waals surface area contributed by atoms with Gasteiger partial charge in [0.25, 0.3) is 5.91 Å². The van der Waals surface area contributed by atoms with Crippen molar-refractivity contribution in [1.82, 2.24) is 0 Å². The van der Waals surface area contributed by atoms with Gasteiger partial charge in [-0.2, -0.15) is 0 Å². The summed E-state index contributed by atoms with van der Waals surface area (Å²) in [5.41, 5.74) is 2.20. The van der Waals surface area contributed by atoms with Gasteiger partial charge >= 0.3 is 0 Å². The average molecular weight is 261 g/mol. The van der Waals surface area contributed by atoms with E-state index in [4.69, 9.17) is 4.74 Å². The number of nitrogens with one attached hydrogen (secondary N) is 1. The fraction of sp³-hybridized carbons (Fsp3) is 0.562. The SMILES string of the molecule is CCCCCc1ccc(NC(=O)C2CCCO2)cc1. The van der Waals surface area contributed by atoms with Gasteiger partial charge in [-0.05, 0) is 43.4 Å². The van der Waals surface area contributed by atoms with Gasteiger partial charge in [0.15, 0.2) is 0 Å². The van der Waals surface area contributed by atoms with Crippen LogP contribution >= 0.6 is 0 Å². The van der Waals surface area contributed by atoms with Gasteiger partial charge in [-0.1, -0.05) is 31.9 Å². The molecule has 19 heavy (non-hydrogen) atoms. The topological polar surface area (TPSA) is 38.3 Å². The molecule has 1 aromatic rings. The maximum Gasteiger partial charge on any atom is 0.253 e. The van der Waals surface area contributed by atoms with Crippen LogP contribution in [0.2, 0.25) is 0 Å². The van der Waals surface area contributed by atoms with Gasteiger partial charge in [-0.3, -0.25) is 4.79 Å². The number of hydrogen-bond acceptors (Lipinski definition) is 2. The predicted molar refractivity (Wildman–Crippen MR) is 77.3 cm³/mol. The van der Waals surface area contributed by atoms with Crippen LogP contribution < -0.4 is 5.32 Å².